The summed E-state index contributed by atoms with van der Waals surface area (Å²) >= 11 is 0. The van der Waals surface area contributed by atoms with E-state index < -0.39 is 0 Å². The van der Waals surface area contributed by atoms with Crippen LogP contribution in [0, 0.1) is 22.7 Å². The first-order valence-electron chi connectivity index (χ1n) is 18.3. The van der Waals surface area contributed by atoms with Crippen LogP contribution in [0.2, 0.25) is 0 Å². The van der Waals surface area contributed by atoms with Crippen LogP contribution in [0.25, 0.3) is 93.6 Å². The molecule has 8 aromatic carbocycles. The summed E-state index contributed by atoms with van der Waals surface area (Å²) in [6.07, 6.45) is 0. The molecule has 0 atom stereocenters. The third kappa shape index (κ3) is 4.39. The SMILES string of the molecule is N#Cc1cc(-c2ccc(-n3c4ccccc4c4c(-n5c6ccccc6c6ccccc65)cccc43)cc2)ccc1-n1c2ccccc2c2cccc(C#N)c21. The second kappa shape index (κ2) is 11.8. The van der Waals surface area contributed by atoms with Crippen LogP contribution in [-0.2, 0) is 0 Å². The Morgan fingerprint density at radius 1 is 0.345 bits per heavy atom. The van der Waals surface area contributed by atoms with Gasteiger partial charge in [0.15, 0.2) is 0 Å². The van der Waals surface area contributed by atoms with E-state index in [1.807, 2.05) is 48.5 Å². The fourth-order valence-electron chi connectivity index (χ4n) is 8.81. The summed E-state index contributed by atoms with van der Waals surface area (Å²) in [6, 6.07) is 65.9. The van der Waals surface area contributed by atoms with Crippen molar-refractivity contribution in [3.63, 3.8) is 0 Å². The lowest BCUT2D eigenvalue weighted by molar-refractivity contribution is 1.16. The van der Waals surface area contributed by atoms with Gasteiger partial charge in [-0.1, -0.05) is 109 Å². The first-order chi connectivity index (χ1) is 27.2. The summed E-state index contributed by atoms with van der Waals surface area (Å²) in [5.74, 6) is 0. The molecular formula is C50H29N5. The standard InChI is InChI=1S/C50H29N5/c51-30-34-11-9-16-40-39-14-3-7-19-45(39)55(50(34)40)42-28-25-33(29-35(42)31-52)32-23-26-36(27-24-32)53-46-20-8-4-15-41(46)49-47(53)21-10-22-48(49)54-43-17-5-1-12-37(43)38-13-2-6-18-44(38)54/h1-29H. The predicted molar refractivity (Wildman–Crippen MR) is 224 cm³/mol. The van der Waals surface area contributed by atoms with E-state index in [1.165, 1.54) is 32.6 Å². The third-order valence-corrected chi connectivity index (χ3v) is 11.1. The molecule has 0 bridgehead atoms. The van der Waals surface area contributed by atoms with E-state index in [1.54, 1.807) is 0 Å². The number of nitrogens with zero attached hydrogens (tertiary/aromatic N) is 5. The van der Waals surface area contributed by atoms with Gasteiger partial charge in [0.2, 0.25) is 0 Å². The molecule has 0 aliphatic heterocycles. The molecule has 0 aliphatic carbocycles. The normalized spacial score (nSPS) is 11.6. The van der Waals surface area contributed by atoms with Crippen molar-refractivity contribution in [1.82, 2.24) is 13.7 Å². The Bertz CT molecular complexity index is 3400. The minimum atomic E-state index is 0.539. The fraction of sp³-hybridized carbons (Fsp3) is 0. The van der Waals surface area contributed by atoms with Crippen molar-refractivity contribution in [2.45, 2.75) is 0 Å². The number of para-hydroxylation sites is 5. The highest BCUT2D eigenvalue weighted by Gasteiger charge is 2.21. The molecule has 0 aliphatic rings. The largest absolute Gasteiger partial charge is 0.309 e. The van der Waals surface area contributed by atoms with Crippen LogP contribution in [0.1, 0.15) is 11.1 Å². The Morgan fingerprint density at radius 2 is 0.855 bits per heavy atom. The number of aromatic nitrogens is 3. The van der Waals surface area contributed by atoms with Crippen molar-refractivity contribution < 1.29 is 0 Å². The minimum absolute atomic E-state index is 0.539. The van der Waals surface area contributed by atoms with E-state index in [4.69, 9.17) is 0 Å². The number of fused-ring (bicyclic) bond motifs is 9. The summed E-state index contributed by atoms with van der Waals surface area (Å²) in [6.45, 7) is 0. The van der Waals surface area contributed by atoms with E-state index in [2.05, 4.69) is 153 Å². The lowest BCUT2D eigenvalue weighted by Gasteiger charge is -2.13. The summed E-state index contributed by atoms with van der Waals surface area (Å²) in [5.41, 5.74) is 12.4. The van der Waals surface area contributed by atoms with Gasteiger partial charge in [0.1, 0.15) is 12.1 Å². The van der Waals surface area contributed by atoms with Gasteiger partial charge in [-0.2, -0.15) is 10.5 Å². The van der Waals surface area contributed by atoms with Crippen LogP contribution in [0.3, 0.4) is 0 Å². The highest BCUT2D eigenvalue weighted by atomic mass is 15.0. The molecule has 0 N–H and O–H groups in total. The van der Waals surface area contributed by atoms with Crippen LogP contribution in [0.4, 0.5) is 0 Å². The summed E-state index contributed by atoms with van der Waals surface area (Å²) < 4.78 is 6.82. The quantitative estimate of drug-likeness (QED) is 0.184. The molecule has 3 aromatic heterocycles. The second-order valence-electron chi connectivity index (χ2n) is 14.0. The van der Waals surface area contributed by atoms with Gasteiger partial charge in [0, 0.05) is 38.0 Å². The van der Waals surface area contributed by atoms with Crippen molar-refractivity contribution in [3.8, 4) is 40.3 Å². The molecule has 5 heteroatoms. The van der Waals surface area contributed by atoms with Crippen LogP contribution < -0.4 is 0 Å². The zero-order valence-electron chi connectivity index (χ0n) is 29.5. The van der Waals surface area contributed by atoms with E-state index in [9.17, 15) is 10.5 Å². The topological polar surface area (TPSA) is 62.4 Å². The summed E-state index contributed by atoms with van der Waals surface area (Å²) in [4.78, 5) is 0. The molecule has 0 saturated heterocycles. The molecule has 5 nitrogen and oxygen atoms in total. The first-order valence-corrected chi connectivity index (χ1v) is 18.3. The Hall–Kier alpha value is -7.86. The fourth-order valence-corrected chi connectivity index (χ4v) is 8.81. The minimum Gasteiger partial charge on any atom is -0.309 e. The van der Waals surface area contributed by atoms with Crippen molar-refractivity contribution in [1.29, 1.82) is 10.5 Å². The Balaban J connectivity index is 1.05. The van der Waals surface area contributed by atoms with Gasteiger partial charge in [0.25, 0.3) is 0 Å². The van der Waals surface area contributed by atoms with Gasteiger partial charge in [-0.3, -0.25) is 0 Å². The smallest absolute Gasteiger partial charge is 0.101 e. The molecular weight excluding hydrogens is 671 g/mol. The molecule has 3 heterocycles. The number of hydrogen-bond donors (Lipinski definition) is 0. The zero-order valence-corrected chi connectivity index (χ0v) is 29.5. The lowest BCUT2D eigenvalue weighted by Crippen LogP contribution is -1.99. The maximum absolute atomic E-state index is 10.5. The number of rotatable bonds is 4. The average Bonchev–Trinajstić information content (AvgIpc) is 3.89. The first kappa shape index (κ1) is 30.7. The average molecular weight is 700 g/mol. The molecule has 11 aromatic rings. The van der Waals surface area contributed by atoms with E-state index >= 15 is 0 Å². The highest BCUT2D eigenvalue weighted by Crippen LogP contribution is 2.41. The summed E-state index contributed by atoms with van der Waals surface area (Å²) in [5, 5.41) is 27.5. The molecule has 0 unspecified atom stereocenters. The zero-order chi connectivity index (χ0) is 36.6. The summed E-state index contributed by atoms with van der Waals surface area (Å²) in [7, 11) is 0. The van der Waals surface area contributed by atoms with Crippen molar-refractivity contribution >= 4 is 65.4 Å². The van der Waals surface area contributed by atoms with Crippen LogP contribution in [0.15, 0.2) is 176 Å². The molecule has 55 heavy (non-hydrogen) atoms. The van der Waals surface area contributed by atoms with Gasteiger partial charge in [-0.05, 0) is 77.9 Å². The number of nitriles is 2. The Labute approximate surface area is 316 Å². The monoisotopic (exact) mass is 699 g/mol. The van der Waals surface area contributed by atoms with E-state index in [0.29, 0.717) is 11.1 Å². The van der Waals surface area contributed by atoms with Crippen LogP contribution >= 0.6 is 0 Å². The highest BCUT2D eigenvalue weighted by molar-refractivity contribution is 6.16. The molecule has 0 amide bonds. The van der Waals surface area contributed by atoms with Crippen LogP contribution in [-0.4, -0.2) is 13.7 Å². The van der Waals surface area contributed by atoms with Crippen molar-refractivity contribution in [3.05, 3.63) is 187 Å². The van der Waals surface area contributed by atoms with E-state index in [-0.39, 0.29) is 0 Å². The predicted octanol–water partition coefficient (Wildman–Crippen LogP) is 12.4. The van der Waals surface area contributed by atoms with Gasteiger partial charge < -0.3 is 13.7 Å². The molecule has 0 spiro atoms. The molecule has 0 saturated carbocycles. The molecule has 0 radical (unpaired) electrons. The van der Waals surface area contributed by atoms with E-state index in [0.717, 1.165) is 61.0 Å². The number of benzene rings is 8. The Morgan fingerprint density at radius 3 is 1.51 bits per heavy atom. The van der Waals surface area contributed by atoms with Gasteiger partial charge in [-0.25, -0.2) is 0 Å². The molecule has 11 rings (SSSR count). The van der Waals surface area contributed by atoms with Gasteiger partial charge in [-0.15, -0.1) is 0 Å². The molecule has 0 fully saturated rings. The van der Waals surface area contributed by atoms with Crippen molar-refractivity contribution in [2.75, 3.05) is 0 Å². The van der Waals surface area contributed by atoms with Gasteiger partial charge in [0.05, 0.1) is 55.6 Å². The maximum Gasteiger partial charge on any atom is 0.101 e. The van der Waals surface area contributed by atoms with Crippen molar-refractivity contribution in [2.24, 2.45) is 0 Å². The second-order valence-corrected chi connectivity index (χ2v) is 14.0. The lowest BCUT2D eigenvalue weighted by atomic mass is 10.0. The van der Waals surface area contributed by atoms with Gasteiger partial charge >= 0.3 is 0 Å². The van der Waals surface area contributed by atoms with Crippen LogP contribution in [0.5, 0.6) is 0 Å². The molecule has 254 valence electrons. The number of hydrogen-bond acceptors (Lipinski definition) is 2. The Kier molecular flexibility index (Phi) is 6.61. The maximum atomic E-state index is 10.5. The third-order valence-electron chi connectivity index (χ3n) is 11.1.